The second kappa shape index (κ2) is 6.78. The molecule has 2 aromatic carbocycles. The van der Waals surface area contributed by atoms with Gasteiger partial charge in [0.2, 0.25) is 10.0 Å². The van der Waals surface area contributed by atoms with Crippen LogP contribution in [0.3, 0.4) is 0 Å². The van der Waals surface area contributed by atoms with Crippen LogP contribution in [0.4, 0.5) is 10.1 Å². The number of nitrogens with zero attached hydrogens (tertiary/aromatic N) is 2. The molecule has 1 aliphatic rings. The molecule has 5 nitrogen and oxygen atoms in total. The van der Waals surface area contributed by atoms with Crippen molar-refractivity contribution in [2.24, 2.45) is 0 Å². The van der Waals surface area contributed by atoms with Crippen LogP contribution in [-0.4, -0.2) is 46.0 Å². The van der Waals surface area contributed by atoms with Gasteiger partial charge in [-0.05, 0) is 30.3 Å². The number of sulfonamides is 1. The van der Waals surface area contributed by atoms with Crippen LogP contribution in [0, 0.1) is 5.82 Å². The molecule has 1 saturated heterocycles. The smallest absolute Gasteiger partial charge is 0.243 e. The number of methoxy groups -OCH3 is 1. The number of halogens is 1. The van der Waals surface area contributed by atoms with Crippen LogP contribution in [0.1, 0.15) is 0 Å². The van der Waals surface area contributed by atoms with Crippen LogP contribution in [0.5, 0.6) is 5.75 Å². The highest BCUT2D eigenvalue weighted by molar-refractivity contribution is 7.89. The van der Waals surface area contributed by atoms with Crippen molar-refractivity contribution in [1.82, 2.24) is 4.31 Å². The third-order valence-electron chi connectivity index (χ3n) is 4.12. The molecule has 0 N–H and O–H groups in total. The fraction of sp³-hybridized carbons (Fsp3) is 0.294. The molecule has 0 amide bonds. The van der Waals surface area contributed by atoms with Crippen LogP contribution in [-0.2, 0) is 10.0 Å². The third kappa shape index (κ3) is 3.22. The zero-order chi connectivity index (χ0) is 17.2. The molecule has 1 fully saturated rings. The molecule has 0 radical (unpaired) electrons. The van der Waals surface area contributed by atoms with Gasteiger partial charge in [-0.15, -0.1) is 0 Å². The Hall–Kier alpha value is -2.12. The predicted molar refractivity (Wildman–Crippen MR) is 90.4 cm³/mol. The Bertz CT molecular complexity index is 804. The van der Waals surface area contributed by atoms with Crippen molar-refractivity contribution >= 4 is 15.7 Å². The largest absolute Gasteiger partial charge is 0.494 e. The third-order valence-corrected chi connectivity index (χ3v) is 6.02. The maximum absolute atomic E-state index is 13.8. The van der Waals surface area contributed by atoms with Gasteiger partial charge in [0.1, 0.15) is 0 Å². The summed E-state index contributed by atoms with van der Waals surface area (Å²) in [6.07, 6.45) is 0. The Kier molecular flexibility index (Phi) is 4.73. The molecule has 0 spiro atoms. The second-order valence-electron chi connectivity index (χ2n) is 5.52. The number of para-hydroxylation sites is 1. The summed E-state index contributed by atoms with van der Waals surface area (Å²) in [7, 11) is -2.36. The van der Waals surface area contributed by atoms with E-state index in [4.69, 9.17) is 4.74 Å². The van der Waals surface area contributed by atoms with Gasteiger partial charge in [0, 0.05) is 31.9 Å². The van der Waals surface area contributed by atoms with E-state index in [2.05, 4.69) is 4.90 Å². The first-order valence-electron chi connectivity index (χ1n) is 7.66. The van der Waals surface area contributed by atoms with Gasteiger partial charge in [0.25, 0.3) is 0 Å². The standard InChI is InChI=1S/C17H19FN2O3S/c1-23-17-8-7-15(13-16(17)18)24(21,22)20-11-9-19(10-12-20)14-5-3-2-4-6-14/h2-8,13H,9-12H2,1H3. The average molecular weight is 350 g/mol. The Morgan fingerprint density at radius 1 is 1.00 bits per heavy atom. The van der Waals surface area contributed by atoms with E-state index < -0.39 is 15.8 Å². The number of piperazine rings is 1. The molecular weight excluding hydrogens is 331 g/mol. The number of benzene rings is 2. The van der Waals surface area contributed by atoms with E-state index in [-0.39, 0.29) is 10.6 Å². The lowest BCUT2D eigenvalue weighted by Gasteiger charge is -2.35. The van der Waals surface area contributed by atoms with E-state index in [1.807, 2.05) is 30.3 Å². The quantitative estimate of drug-likeness (QED) is 0.849. The predicted octanol–water partition coefficient (Wildman–Crippen LogP) is 2.35. The molecule has 128 valence electrons. The number of anilines is 1. The molecule has 7 heteroatoms. The lowest BCUT2D eigenvalue weighted by atomic mass is 10.2. The Balaban J connectivity index is 1.74. The van der Waals surface area contributed by atoms with Crippen LogP contribution in [0.25, 0.3) is 0 Å². The first kappa shape index (κ1) is 16.7. The van der Waals surface area contributed by atoms with E-state index in [9.17, 15) is 12.8 Å². The van der Waals surface area contributed by atoms with Gasteiger partial charge in [-0.1, -0.05) is 18.2 Å². The molecule has 0 atom stereocenters. The van der Waals surface area contributed by atoms with Gasteiger partial charge >= 0.3 is 0 Å². The van der Waals surface area contributed by atoms with E-state index >= 15 is 0 Å². The van der Waals surface area contributed by atoms with Crippen molar-refractivity contribution in [2.75, 3.05) is 38.2 Å². The van der Waals surface area contributed by atoms with Crippen LogP contribution in [0.2, 0.25) is 0 Å². The van der Waals surface area contributed by atoms with Crippen LogP contribution >= 0.6 is 0 Å². The minimum Gasteiger partial charge on any atom is -0.494 e. The molecule has 0 bridgehead atoms. The molecule has 2 aromatic rings. The topological polar surface area (TPSA) is 49.9 Å². The Labute approximate surface area is 141 Å². The number of rotatable bonds is 4. The molecule has 0 aromatic heterocycles. The lowest BCUT2D eigenvalue weighted by molar-refractivity contribution is 0.380. The van der Waals surface area contributed by atoms with Gasteiger partial charge in [-0.3, -0.25) is 0 Å². The summed E-state index contributed by atoms with van der Waals surface area (Å²) in [6.45, 7) is 1.93. The highest BCUT2D eigenvalue weighted by Crippen LogP contribution is 2.24. The molecule has 1 aliphatic heterocycles. The average Bonchev–Trinajstić information content (AvgIpc) is 2.62. The molecule has 1 heterocycles. The Morgan fingerprint density at radius 2 is 1.67 bits per heavy atom. The van der Waals surface area contributed by atoms with Gasteiger partial charge < -0.3 is 9.64 Å². The molecule has 0 aliphatic carbocycles. The summed E-state index contributed by atoms with van der Waals surface area (Å²) in [5.41, 5.74) is 1.07. The number of ether oxygens (including phenoxy) is 1. The molecule has 0 unspecified atom stereocenters. The minimum absolute atomic E-state index is 0.0304. The fourth-order valence-corrected chi connectivity index (χ4v) is 4.22. The first-order valence-corrected chi connectivity index (χ1v) is 9.10. The molecular formula is C17H19FN2O3S. The second-order valence-corrected chi connectivity index (χ2v) is 7.46. The van der Waals surface area contributed by atoms with Crippen molar-refractivity contribution in [3.63, 3.8) is 0 Å². The van der Waals surface area contributed by atoms with Crippen molar-refractivity contribution in [2.45, 2.75) is 4.90 Å². The van der Waals surface area contributed by atoms with Crippen LogP contribution in [0.15, 0.2) is 53.4 Å². The summed E-state index contributed by atoms with van der Waals surface area (Å²) >= 11 is 0. The van der Waals surface area contributed by atoms with Crippen molar-refractivity contribution in [3.8, 4) is 5.75 Å². The fourth-order valence-electron chi connectivity index (χ4n) is 2.78. The zero-order valence-electron chi connectivity index (χ0n) is 13.4. The summed E-state index contributed by atoms with van der Waals surface area (Å²) in [5, 5.41) is 0. The van der Waals surface area contributed by atoms with Gasteiger partial charge in [0.05, 0.1) is 12.0 Å². The summed E-state index contributed by atoms with van der Waals surface area (Å²) in [4.78, 5) is 2.09. The SMILES string of the molecule is COc1ccc(S(=O)(=O)N2CCN(c3ccccc3)CC2)cc1F. The van der Waals surface area contributed by atoms with E-state index in [1.165, 1.54) is 23.5 Å². The number of hydrogen-bond acceptors (Lipinski definition) is 4. The number of hydrogen-bond donors (Lipinski definition) is 0. The maximum atomic E-state index is 13.8. The summed E-state index contributed by atoms with van der Waals surface area (Å²) < 4.78 is 45.4. The minimum atomic E-state index is -3.70. The van der Waals surface area contributed by atoms with Crippen molar-refractivity contribution < 1.29 is 17.5 Å². The van der Waals surface area contributed by atoms with Gasteiger partial charge in [0.15, 0.2) is 11.6 Å². The highest BCUT2D eigenvalue weighted by atomic mass is 32.2. The van der Waals surface area contributed by atoms with Gasteiger partial charge in [-0.25, -0.2) is 12.8 Å². The summed E-state index contributed by atoms with van der Waals surface area (Å²) in [5.74, 6) is -0.649. The van der Waals surface area contributed by atoms with Crippen molar-refractivity contribution in [1.29, 1.82) is 0 Å². The van der Waals surface area contributed by atoms with E-state index in [0.29, 0.717) is 26.2 Å². The normalized spacial score (nSPS) is 16.2. The monoisotopic (exact) mass is 350 g/mol. The first-order chi connectivity index (χ1) is 11.5. The van der Waals surface area contributed by atoms with E-state index in [0.717, 1.165) is 11.8 Å². The molecule has 24 heavy (non-hydrogen) atoms. The zero-order valence-corrected chi connectivity index (χ0v) is 14.2. The molecule has 0 saturated carbocycles. The van der Waals surface area contributed by atoms with Crippen LogP contribution < -0.4 is 9.64 Å². The van der Waals surface area contributed by atoms with Gasteiger partial charge in [-0.2, -0.15) is 4.31 Å². The Morgan fingerprint density at radius 3 is 2.25 bits per heavy atom. The van der Waals surface area contributed by atoms with E-state index in [1.54, 1.807) is 0 Å². The molecule has 3 rings (SSSR count). The maximum Gasteiger partial charge on any atom is 0.243 e. The summed E-state index contributed by atoms with van der Waals surface area (Å²) in [6, 6.07) is 13.6. The highest BCUT2D eigenvalue weighted by Gasteiger charge is 2.29. The lowest BCUT2D eigenvalue weighted by Crippen LogP contribution is -2.48. The van der Waals surface area contributed by atoms with Crippen molar-refractivity contribution in [3.05, 3.63) is 54.3 Å².